The van der Waals surface area contributed by atoms with Gasteiger partial charge in [-0.05, 0) is 19.3 Å². The minimum absolute atomic E-state index is 0.102. The Morgan fingerprint density at radius 1 is 1.59 bits per heavy atom. The molecule has 92 valence electrons. The van der Waals surface area contributed by atoms with Gasteiger partial charge in [-0.25, -0.2) is 4.98 Å². The van der Waals surface area contributed by atoms with E-state index in [1.165, 1.54) is 24.2 Å². The van der Waals surface area contributed by atoms with Gasteiger partial charge in [0, 0.05) is 13.5 Å². The van der Waals surface area contributed by atoms with Gasteiger partial charge >= 0.3 is 0 Å². The molecule has 2 fully saturated rings. The molecule has 0 aromatic carbocycles. The molecule has 1 saturated carbocycles. The van der Waals surface area contributed by atoms with E-state index in [1.807, 2.05) is 0 Å². The van der Waals surface area contributed by atoms with Crippen LogP contribution in [0.2, 0.25) is 0 Å². The molecule has 2 unspecified atom stereocenters. The second-order valence-corrected chi connectivity index (χ2v) is 5.67. The van der Waals surface area contributed by atoms with Gasteiger partial charge in [0.2, 0.25) is 0 Å². The van der Waals surface area contributed by atoms with E-state index in [9.17, 15) is 4.79 Å². The maximum atomic E-state index is 11.3. The first-order valence-electron chi connectivity index (χ1n) is 6.11. The van der Waals surface area contributed by atoms with Crippen LogP contribution in [0.5, 0.6) is 0 Å². The maximum Gasteiger partial charge on any atom is 0.186 e. The number of morpholine rings is 1. The summed E-state index contributed by atoms with van der Waals surface area (Å²) >= 11 is 1.51. The van der Waals surface area contributed by atoms with Crippen LogP contribution >= 0.6 is 11.3 Å². The van der Waals surface area contributed by atoms with Crippen LogP contribution in [-0.4, -0.2) is 36.1 Å². The van der Waals surface area contributed by atoms with Gasteiger partial charge in [0.1, 0.15) is 0 Å². The average Bonchev–Trinajstić information content (AvgIpc) is 2.97. The van der Waals surface area contributed by atoms with Gasteiger partial charge in [-0.3, -0.25) is 4.79 Å². The molecule has 5 heteroatoms. The third kappa shape index (κ3) is 1.98. The molecule has 1 aromatic rings. The van der Waals surface area contributed by atoms with Crippen LogP contribution in [0.1, 0.15) is 35.9 Å². The van der Waals surface area contributed by atoms with Gasteiger partial charge in [0.15, 0.2) is 10.9 Å². The Morgan fingerprint density at radius 3 is 3.24 bits per heavy atom. The van der Waals surface area contributed by atoms with E-state index < -0.39 is 0 Å². The molecule has 2 aliphatic rings. The topological polar surface area (TPSA) is 42.4 Å². The minimum Gasteiger partial charge on any atom is -0.374 e. The first-order valence-corrected chi connectivity index (χ1v) is 6.92. The number of nitrogens with zero attached hydrogens (tertiary/aromatic N) is 2. The van der Waals surface area contributed by atoms with E-state index in [4.69, 9.17) is 4.74 Å². The normalized spacial score (nSPS) is 28.2. The highest BCUT2D eigenvalue weighted by atomic mass is 32.1. The zero-order valence-electron chi connectivity index (χ0n) is 9.89. The third-order valence-electron chi connectivity index (χ3n) is 3.57. The number of ketones is 1. The fourth-order valence-electron chi connectivity index (χ4n) is 2.72. The molecule has 0 amide bonds. The van der Waals surface area contributed by atoms with Gasteiger partial charge in [-0.15, -0.1) is 0 Å². The van der Waals surface area contributed by atoms with Crippen molar-refractivity contribution in [3.05, 3.63) is 11.1 Å². The number of Topliss-reactive ketones (excluding diaryl/α,β-unsaturated/α-hetero) is 1. The number of fused-ring (bicyclic) bond motifs is 1. The van der Waals surface area contributed by atoms with E-state index in [-0.39, 0.29) is 5.78 Å². The summed E-state index contributed by atoms with van der Waals surface area (Å²) in [6.07, 6.45) is 5.64. The standard InChI is InChI=1S/C12H16N2O2S/c1-8(15)11-7-13-12(17-11)14-5-6-16-10-4-2-3-9(10)14/h7,9-10H,2-6H2,1H3. The van der Waals surface area contributed by atoms with Crippen molar-refractivity contribution >= 4 is 22.3 Å². The van der Waals surface area contributed by atoms with Crippen molar-refractivity contribution in [2.24, 2.45) is 0 Å². The van der Waals surface area contributed by atoms with Crippen LogP contribution in [0.25, 0.3) is 0 Å². The summed E-state index contributed by atoms with van der Waals surface area (Å²) in [6.45, 7) is 3.26. The van der Waals surface area contributed by atoms with Gasteiger partial charge < -0.3 is 9.64 Å². The lowest BCUT2D eigenvalue weighted by Crippen LogP contribution is -2.48. The Kier molecular flexibility index (Phi) is 2.88. The molecule has 0 N–H and O–H groups in total. The van der Waals surface area contributed by atoms with Crippen molar-refractivity contribution in [1.29, 1.82) is 0 Å². The second-order valence-electron chi connectivity index (χ2n) is 4.66. The van der Waals surface area contributed by atoms with E-state index in [0.29, 0.717) is 12.1 Å². The van der Waals surface area contributed by atoms with E-state index in [1.54, 1.807) is 13.1 Å². The maximum absolute atomic E-state index is 11.3. The molecule has 1 aliphatic heterocycles. The van der Waals surface area contributed by atoms with Gasteiger partial charge in [-0.2, -0.15) is 0 Å². The molecule has 1 saturated heterocycles. The number of anilines is 1. The Balaban J connectivity index is 1.84. The quantitative estimate of drug-likeness (QED) is 0.756. The lowest BCUT2D eigenvalue weighted by atomic mass is 10.1. The van der Waals surface area contributed by atoms with E-state index in [0.717, 1.165) is 29.6 Å². The fourth-order valence-corrected chi connectivity index (χ4v) is 3.62. The highest BCUT2D eigenvalue weighted by molar-refractivity contribution is 7.17. The number of hydrogen-bond donors (Lipinski definition) is 0. The molecule has 0 radical (unpaired) electrons. The van der Waals surface area contributed by atoms with E-state index in [2.05, 4.69) is 9.88 Å². The number of thiazole rings is 1. The minimum atomic E-state index is 0.102. The van der Waals surface area contributed by atoms with Gasteiger partial charge in [0.25, 0.3) is 0 Å². The Bertz CT molecular complexity index is 432. The largest absolute Gasteiger partial charge is 0.374 e. The summed E-state index contributed by atoms with van der Waals surface area (Å²) in [5, 5.41) is 0.982. The molecule has 4 nitrogen and oxygen atoms in total. The zero-order valence-corrected chi connectivity index (χ0v) is 10.7. The van der Waals surface area contributed by atoms with Crippen molar-refractivity contribution in [3.63, 3.8) is 0 Å². The summed E-state index contributed by atoms with van der Waals surface area (Å²) in [7, 11) is 0. The molecule has 2 heterocycles. The van der Waals surface area contributed by atoms with Crippen LogP contribution in [0.4, 0.5) is 5.13 Å². The first-order chi connectivity index (χ1) is 8.25. The number of carbonyl (C=O) groups is 1. The lowest BCUT2D eigenvalue weighted by molar-refractivity contribution is 0.0256. The summed E-state index contributed by atoms with van der Waals surface area (Å²) in [6, 6.07) is 0.467. The predicted molar refractivity (Wildman–Crippen MR) is 66.8 cm³/mol. The monoisotopic (exact) mass is 252 g/mol. The molecular formula is C12H16N2O2S. The van der Waals surface area contributed by atoms with Crippen LogP contribution < -0.4 is 4.90 Å². The summed E-state index contributed by atoms with van der Waals surface area (Å²) in [5.41, 5.74) is 0. The van der Waals surface area contributed by atoms with Crippen LogP contribution in [0.3, 0.4) is 0 Å². The van der Waals surface area contributed by atoms with Crippen molar-refractivity contribution in [2.75, 3.05) is 18.1 Å². The Labute approximate surface area is 105 Å². The van der Waals surface area contributed by atoms with Crippen LogP contribution in [0.15, 0.2) is 6.20 Å². The van der Waals surface area contributed by atoms with Crippen molar-refractivity contribution < 1.29 is 9.53 Å². The number of aromatic nitrogens is 1. The molecule has 1 aliphatic carbocycles. The summed E-state index contributed by atoms with van der Waals surface area (Å²) in [4.78, 5) is 18.8. The summed E-state index contributed by atoms with van der Waals surface area (Å²) < 4.78 is 5.78. The van der Waals surface area contributed by atoms with Crippen molar-refractivity contribution in [3.8, 4) is 0 Å². The Hall–Kier alpha value is -0.940. The summed E-state index contributed by atoms with van der Waals surface area (Å²) in [5.74, 6) is 0.102. The van der Waals surface area contributed by atoms with E-state index >= 15 is 0 Å². The number of rotatable bonds is 2. The zero-order chi connectivity index (χ0) is 11.8. The first kappa shape index (κ1) is 11.2. The van der Waals surface area contributed by atoms with Crippen molar-refractivity contribution in [2.45, 2.75) is 38.3 Å². The fraction of sp³-hybridized carbons (Fsp3) is 0.667. The predicted octanol–water partition coefficient (Wildman–Crippen LogP) is 2.10. The number of ether oxygens (including phenoxy) is 1. The molecular weight excluding hydrogens is 236 g/mol. The second kappa shape index (κ2) is 4.38. The molecule has 0 spiro atoms. The molecule has 3 rings (SSSR count). The smallest absolute Gasteiger partial charge is 0.186 e. The van der Waals surface area contributed by atoms with Gasteiger partial charge in [-0.1, -0.05) is 11.3 Å². The van der Waals surface area contributed by atoms with Gasteiger partial charge in [0.05, 0.1) is 29.8 Å². The molecule has 17 heavy (non-hydrogen) atoms. The molecule has 1 aromatic heterocycles. The lowest BCUT2D eigenvalue weighted by Gasteiger charge is -2.37. The molecule has 0 bridgehead atoms. The van der Waals surface area contributed by atoms with Crippen LogP contribution in [0, 0.1) is 0 Å². The van der Waals surface area contributed by atoms with Crippen molar-refractivity contribution in [1.82, 2.24) is 4.98 Å². The highest BCUT2D eigenvalue weighted by Crippen LogP contribution is 2.34. The number of carbonyl (C=O) groups excluding carboxylic acids is 1. The third-order valence-corrected chi connectivity index (χ3v) is 4.70. The van der Waals surface area contributed by atoms with Crippen LogP contribution in [-0.2, 0) is 4.74 Å². The molecule has 2 atom stereocenters. The highest BCUT2D eigenvalue weighted by Gasteiger charge is 2.37. The average molecular weight is 252 g/mol. The SMILES string of the molecule is CC(=O)c1cnc(N2CCOC3CCCC32)s1. The Morgan fingerprint density at radius 2 is 2.47 bits per heavy atom. The number of hydrogen-bond acceptors (Lipinski definition) is 5.